The zero-order chi connectivity index (χ0) is 11.6. The molecule has 3 rings (SSSR count). The summed E-state index contributed by atoms with van der Waals surface area (Å²) in [4.78, 5) is 0. The Labute approximate surface area is 103 Å². The minimum Gasteiger partial charge on any atom is -0.355 e. The lowest BCUT2D eigenvalue weighted by molar-refractivity contribution is -0.0595. The first-order valence-corrected chi connectivity index (χ1v) is 6.82. The van der Waals surface area contributed by atoms with Gasteiger partial charge in [0.15, 0.2) is 0 Å². The molecule has 2 heteroatoms. The van der Waals surface area contributed by atoms with E-state index in [-0.39, 0.29) is 11.8 Å². The molecule has 92 valence electrons. The second-order valence-corrected chi connectivity index (χ2v) is 5.42. The van der Waals surface area contributed by atoms with Crippen molar-refractivity contribution in [2.45, 2.75) is 50.4 Å². The van der Waals surface area contributed by atoms with Gasteiger partial charge in [-0.3, -0.25) is 5.32 Å². The van der Waals surface area contributed by atoms with Crippen LogP contribution in [0.2, 0.25) is 0 Å². The monoisotopic (exact) mass is 231 g/mol. The molecule has 1 N–H and O–H groups in total. The highest BCUT2D eigenvalue weighted by molar-refractivity contribution is 5.15. The molecule has 1 atom stereocenters. The molecule has 1 aliphatic carbocycles. The molecule has 1 aliphatic heterocycles. The summed E-state index contributed by atoms with van der Waals surface area (Å²) in [7, 11) is 0. The van der Waals surface area contributed by atoms with Crippen LogP contribution in [-0.4, -0.2) is 18.4 Å². The van der Waals surface area contributed by atoms with Crippen molar-refractivity contribution in [3.63, 3.8) is 0 Å². The molecule has 1 heterocycles. The van der Waals surface area contributed by atoms with E-state index in [4.69, 9.17) is 4.74 Å². The van der Waals surface area contributed by atoms with E-state index in [2.05, 4.69) is 35.6 Å². The maximum Gasteiger partial charge on any atom is 0.113 e. The zero-order valence-electron chi connectivity index (χ0n) is 10.3. The summed E-state index contributed by atoms with van der Waals surface area (Å²) in [5.74, 6) is 0. The second-order valence-electron chi connectivity index (χ2n) is 5.42. The fraction of sp³-hybridized carbons (Fsp3) is 0.600. The van der Waals surface area contributed by atoms with E-state index in [9.17, 15) is 0 Å². The smallest absolute Gasteiger partial charge is 0.113 e. The molecule has 0 radical (unpaired) electrons. The first kappa shape index (κ1) is 11.2. The molecule has 1 spiro atoms. The quantitative estimate of drug-likeness (QED) is 0.845. The average molecular weight is 231 g/mol. The van der Waals surface area contributed by atoms with Crippen LogP contribution < -0.4 is 5.32 Å². The Bertz CT molecular complexity index is 356. The fourth-order valence-corrected chi connectivity index (χ4v) is 3.12. The molecule has 0 amide bonds. The topological polar surface area (TPSA) is 21.3 Å². The van der Waals surface area contributed by atoms with Gasteiger partial charge in [-0.2, -0.15) is 0 Å². The maximum absolute atomic E-state index is 6.28. The zero-order valence-corrected chi connectivity index (χ0v) is 10.3. The number of hydrogen-bond acceptors (Lipinski definition) is 2. The van der Waals surface area contributed by atoms with Crippen LogP contribution in [0.1, 0.15) is 37.7 Å². The summed E-state index contributed by atoms with van der Waals surface area (Å²) in [5.41, 5.74) is 1.52. The lowest BCUT2D eigenvalue weighted by atomic mass is 9.85. The molecule has 1 unspecified atom stereocenters. The Hall–Kier alpha value is -0.860. The van der Waals surface area contributed by atoms with Gasteiger partial charge in [0, 0.05) is 13.0 Å². The van der Waals surface area contributed by atoms with Crippen molar-refractivity contribution < 1.29 is 4.74 Å². The minimum atomic E-state index is 0.164. The summed E-state index contributed by atoms with van der Waals surface area (Å²) in [5, 5.41) is 3.54. The average Bonchev–Trinajstić information content (AvgIpc) is 2.74. The predicted octanol–water partition coefficient (Wildman–Crippen LogP) is 2.88. The van der Waals surface area contributed by atoms with Crippen molar-refractivity contribution >= 4 is 0 Å². The summed E-state index contributed by atoms with van der Waals surface area (Å²) >= 11 is 0. The van der Waals surface area contributed by atoms with Crippen LogP contribution >= 0.6 is 0 Å². The highest BCUT2D eigenvalue weighted by atomic mass is 16.5. The molecule has 1 aromatic carbocycles. The molecule has 0 bridgehead atoms. The van der Waals surface area contributed by atoms with Gasteiger partial charge in [-0.25, -0.2) is 0 Å². The van der Waals surface area contributed by atoms with Crippen molar-refractivity contribution in [3.8, 4) is 0 Å². The van der Waals surface area contributed by atoms with Gasteiger partial charge in [0.25, 0.3) is 0 Å². The Kier molecular flexibility index (Phi) is 3.17. The third kappa shape index (κ3) is 2.53. The van der Waals surface area contributed by atoms with E-state index >= 15 is 0 Å². The Balaban J connectivity index is 1.60. The van der Waals surface area contributed by atoms with Crippen LogP contribution in [0.15, 0.2) is 30.3 Å². The van der Waals surface area contributed by atoms with E-state index in [1.807, 2.05) is 0 Å². The van der Waals surface area contributed by atoms with Gasteiger partial charge in [0.05, 0.1) is 5.60 Å². The molecule has 2 aliphatic rings. The molecule has 1 aromatic rings. The van der Waals surface area contributed by atoms with Crippen LogP contribution in [0.25, 0.3) is 0 Å². The first-order valence-electron chi connectivity index (χ1n) is 6.82. The van der Waals surface area contributed by atoms with Gasteiger partial charge in [-0.05, 0) is 18.4 Å². The summed E-state index contributed by atoms with van der Waals surface area (Å²) in [6.07, 6.45) is 7.74. The van der Waals surface area contributed by atoms with Gasteiger partial charge >= 0.3 is 0 Å². The molecule has 17 heavy (non-hydrogen) atoms. The third-order valence-corrected chi connectivity index (χ3v) is 4.07. The number of benzene rings is 1. The van der Waals surface area contributed by atoms with E-state index in [0.29, 0.717) is 0 Å². The first-order chi connectivity index (χ1) is 8.36. The third-order valence-electron chi connectivity index (χ3n) is 4.07. The predicted molar refractivity (Wildman–Crippen MR) is 68.8 cm³/mol. The van der Waals surface area contributed by atoms with Gasteiger partial charge in [0.1, 0.15) is 6.23 Å². The molecular weight excluding hydrogens is 210 g/mol. The Morgan fingerprint density at radius 3 is 2.65 bits per heavy atom. The lowest BCUT2D eigenvalue weighted by Crippen LogP contribution is -2.35. The molecule has 2 fully saturated rings. The van der Waals surface area contributed by atoms with Crippen molar-refractivity contribution in [2.24, 2.45) is 0 Å². The van der Waals surface area contributed by atoms with E-state index in [1.165, 1.54) is 37.7 Å². The van der Waals surface area contributed by atoms with Gasteiger partial charge < -0.3 is 4.74 Å². The summed E-state index contributed by atoms with van der Waals surface area (Å²) in [6.45, 7) is 1.05. The number of nitrogens with one attached hydrogen (secondary N) is 1. The molecule has 1 saturated carbocycles. The summed E-state index contributed by atoms with van der Waals surface area (Å²) in [6, 6.07) is 10.6. The SMILES string of the molecule is c1ccc(CC2NCC3(CCCCC3)O2)cc1. The summed E-state index contributed by atoms with van der Waals surface area (Å²) < 4.78 is 6.28. The molecular formula is C15H21NO. The van der Waals surface area contributed by atoms with Crippen molar-refractivity contribution in [1.82, 2.24) is 5.32 Å². The minimum absolute atomic E-state index is 0.164. The van der Waals surface area contributed by atoms with Crippen LogP contribution in [0.3, 0.4) is 0 Å². The molecule has 0 aromatic heterocycles. The van der Waals surface area contributed by atoms with Gasteiger partial charge in [-0.1, -0.05) is 49.6 Å². The number of hydrogen-bond donors (Lipinski definition) is 1. The van der Waals surface area contributed by atoms with Gasteiger partial charge in [-0.15, -0.1) is 0 Å². The largest absolute Gasteiger partial charge is 0.355 e. The van der Waals surface area contributed by atoms with Crippen LogP contribution in [-0.2, 0) is 11.2 Å². The van der Waals surface area contributed by atoms with Gasteiger partial charge in [0.2, 0.25) is 0 Å². The fourth-order valence-electron chi connectivity index (χ4n) is 3.12. The van der Waals surface area contributed by atoms with E-state index in [0.717, 1.165) is 13.0 Å². The lowest BCUT2D eigenvalue weighted by Gasteiger charge is -2.32. The van der Waals surface area contributed by atoms with Crippen molar-refractivity contribution in [2.75, 3.05) is 6.54 Å². The highest BCUT2D eigenvalue weighted by Gasteiger charge is 2.40. The second kappa shape index (κ2) is 4.79. The number of rotatable bonds is 2. The van der Waals surface area contributed by atoms with Crippen LogP contribution in [0.5, 0.6) is 0 Å². The maximum atomic E-state index is 6.28. The highest BCUT2D eigenvalue weighted by Crippen LogP contribution is 2.35. The van der Waals surface area contributed by atoms with Crippen LogP contribution in [0, 0.1) is 0 Å². The number of ether oxygens (including phenoxy) is 1. The van der Waals surface area contributed by atoms with Crippen molar-refractivity contribution in [3.05, 3.63) is 35.9 Å². The van der Waals surface area contributed by atoms with Crippen molar-refractivity contribution in [1.29, 1.82) is 0 Å². The molecule has 1 saturated heterocycles. The van der Waals surface area contributed by atoms with Crippen LogP contribution in [0.4, 0.5) is 0 Å². The Morgan fingerprint density at radius 1 is 1.12 bits per heavy atom. The van der Waals surface area contributed by atoms with E-state index in [1.54, 1.807) is 0 Å². The molecule has 2 nitrogen and oxygen atoms in total. The van der Waals surface area contributed by atoms with E-state index < -0.39 is 0 Å². The standard InChI is InChI=1S/C15H21NO/c1-3-7-13(8-4-1)11-14-16-12-15(17-14)9-5-2-6-10-15/h1,3-4,7-8,14,16H,2,5-6,9-12H2. The Morgan fingerprint density at radius 2 is 1.88 bits per heavy atom. The normalized spacial score (nSPS) is 27.4.